The minimum atomic E-state index is -1.09. The smallest absolute Gasteiger partial charge is 0.329 e. The van der Waals surface area contributed by atoms with Crippen molar-refractivity contribution in [2.24, 2.45) is 23.7 Å². The molecule has 0 radical (unpaired) electrons. The van der Waals surface area contributed by atoms with Crippen LogP contribution in [0.2, 0.25) is 0 Å². The maximum absolute atomic E-state index is 12.8. The van der Waals surface area contributed by atoms with E-state index in [1.54, 1.807) is 0 Å². The maximum Gasteiger partial charge on any atom is 0.329 e. The lowest BCUT2D eigenvalue weighted by Gasteiger charge is -2.30. The van der Waals surface area contributed by atoms with E-state index in [2.05, 4.69) is 12.2 Å². The summed E-state index contributed by atoms with van der Waals surface area (Å²) >= 11 is 0. The Kier molecular flexibility index (Phi) is 4.07. The lowest BCUT2D eigenvalue weighted by atomic mass is 9.74. The van der Waals surface area contributed by atoms with Crippen LogP contribution in [0.3, 0.4) is 0 Å². The van der Waals surface area contributed by atoms with E-state index in [1.807, 2.05) is 13.0 Å². The first-order valence-electron chi connectivity index (χ1n) is 8.73. The number of hydrogen-bond acceptors (Lipinski definition) is 3. The largest absolute Gasteiger partial charge is 0.479 e. The molecule has 2 unspecified atom stereocenters. The quantitative estimate of drug-likeness (QED) is 0.814. The number of carbonyl (C=O) groups is 3. The number of hydrogen-bond donors (Lipinski definition) is 2. The Balaban J connectivity index is 1.82. The third kappa shape index (κ3) is 2.60. The van der Waals surface area contributed by atoms with Crippen LogP contribution in [0.1, 0.15) is 52.4 Å². The summed E-state index contributed by atoms with van der Waals surface area (Å²) in [4.78, 5) is 36.4. The van der Waals surface area contributed by atoms with Crippen molar-refractivity contribution >= 4 is 17.7 Å². The number of allylic oxidation sites excluding steroid dienone is 1. The molecule has 0 aliphatic heterocycles. The second kappa shape index (κ2) is 5.77. The first-order valence-corrected chi connectivity index (χ1v) is 8.73. The number of carboxylic acids is 1. The Morgan fingerprint density at radius 3 is 2.61 bits per heavy atom. The number of fused-ring (bicyclic) bond motifs is 1. The molecule has 3 aliphatic rings. The Labute approximate surface area is 136 Å². The Hall–Kier alpha value is -1.65. The molecule has 23 heavy (non-hydrogen) atoms. The third-order valence-corrected chi connectivity index (χ3v) is 6.08. The summed E-state index contributed by atoms with van der Waals surface area (Å²) in [5.41, 5.74) is -0.439. The van der Waals surface area contributed by atoms with Crippen molar-refractivity contribution in [3.05, 3.63) is 11.6 Å². The van der Waals surface area contributed by atoms with E-state index in [1.165, 1.54) is 0 Å². The van der Waals surface area contributed by atoms with Crippen LogP contribution in [0.25, 0.3) is 0 Å². The zero-order valence-corrected chi connectivity index (χ0v) is 13.8. The summed E-state index contributed by atoms with van der Waals surface area (Å²) in [6.07, 6.45) is 6.23. The molecule has 5 heteroatoms. The fraction of sp³-hybridized carbons (Fsp3) is 0.722. The Morgan fingerprint density at radius 2 is 2.04 bits per heavy atom. The van der Waals surface area contributed by atoms with E-state index in [9.17, 15) is 19.5 Å². The van der Waals surface area contributed by atoms with Gasteiger partial charge in [0.05, 0.1) is 0 Å². The van der Waals surface area contributed by atoms with Crippen LogP contribution in [0.5, 0.6) is 0 Å². The molecule has 126 valence electrons. The highest BCUT2D eigenvalue weighted by atomic mass is 16.4. The average molecular weight is 319 g/mol. The van der Waals surface area contributed by atoms with Gasteiger partial charge in [-0.1, -0.05) is 26.3 Å². The molecule has 1 amide bonds. The summed E-state index contributed by atoms with van der Waals surface area (Å²) in [5.74, 6) is -0.774. The van der Waals surface area contributed by atoms with Crippen molar-refractivity contribution in [1.29, 1.82) is 0 Å². The zero-order valence-electron chi connectivity index (χ0n) is 13.8. The molecule has 0 spiro atoms. The minimum absolute atomic E-state index is 0.0103. The lowest BCUT2D eigenvalue weighted by molar-refractivity contribution is -0.143. The lowest BCUT2D eigenvalue weighted by Crippen LogP contribution is -2.47. The monoisotopic (exact) mass is 319 g/mol. The molecule has 2 saturated carbocycles. The van der Waals surface area contributed by atoms with Crippen molar-refractivity contribution in [1.82, 2.24) is 5.32 Å². The molecule has 5 atom stereocenters. The number of nitrogens with one attached hydrogen (secondary N) is 1. The van der Waals surface area contributed by atoms with E-state index in [0.29, 0.717) is 18.4 Å². The van der Waals surface area contributed by atoms with Crippen molar-refractivity contribution in [2.75, 3.05) is 0 Å². The SMILES string of the molecule is CCC1CC1(NC(=O)C1=C[C@@H](CC)C[C@@H]2C(=O)CC[C@H]12)C(=O)O. The molecular formula is C18H25NO4. The van der Waals surface area contributed by atoms with Crippen molar-refractivity contribution in [3.63, 3.8) is 0 Å². The normalized spacial score (nSPS) is 38.7. The molecule has 2 N–H and O–H groups in total. The predicted octanol–water partition coefficient (Wildman–Crippen LogP) is 2.31. The first kappa shape index (κ1) is 16.2. The molecule has 5 nitrogen and oxygen atoms in total. The molecule has 3 rings (SSSR count). The summed E-state index contributed by atoms with van der Waals surface area (Å²) < 4.78 is 0. The summed E-state index contributed by atoms with van der Waals surface area (Å²) in [7, 11) is 0. The van der Waals surface area contributed by atoms with Gasteiger partial charge < -0.3 is 10.4 Å². The molecule has 0 aromatic carbocycles. The van der Waals surface area contributed by atoms with E-state index in [-0.39, 0.29) is 35.4 Å². The average Bonchev–Trinajstić information content (AvgIpc) is 3.14. The van der Waals surface area contributed by atoms with Crippen LogP contribution in [-0.2, 0) is 14.4 Å². The highest BCUT2D eigenvalue weighted by Gasteiger charge is 2.61. The number of Topliss-reactive ketones (excluding diaryl/α,β-unsaturated/α-hetero) is 1. The minimum Gasteiger partial charge on any atom is -0.479 e. The van der Waals surface area contributed by atoms with E-state index < -0.39 is 11.5 Å². The van der Waals surface area contributed by atoms with Crippen LogP contribution >= 0.6 is 0 Å². The van der Waals surface area contributed by atoms with Gasteiger partial charge in [0.2, 0.25) is 5.91 Å². The van der Waals surface area contributed by atoms with Gasteiger partial charge in [0.1, 0.15) is 11.3 Å². The van der Waals surface area contributed by atoms with Crippen LogP contribution in [-0.4, -0.2) is 28.3 Å². The second-order valence-electron chi connectivity index (χ2n) is 7.28. The zero-order chi connectivity index (χ0) is 16.8. The number of carbonyl (C=O) groups excluding carboxylic acids is 2. The molecule has 0 saturated heterocycles. The molecule has 0 heterocycles. The van der Waals surface area contributed by atoms with Gasteiger partial charge in [-0.05, 0) is 43.4 Å². The fourth-order valence-corrected chi connectivity index (χ4v) is 4.44. The van der Waals surface area contributed by atoms with Crippen LogP contribution < -0.4 is 5.32 Å². The van der Waals surface area contributed by atoms with Crippen LogP contribution in [0, 0.1) is 23.7 Å². The van der Waals surface area contributed by atoms with Crippen molar-refractivity contribution in [2.45, 2.75) is 57.9 Å². The standard InChI is InChI=1S/C18H25NO4/c1-3-10-7-13-12(5-6-15(13)20)14(8-10)16(21)19-18(17(22)23)9-11(18)4-2/h8,10-13H,3-7,9H2,1-2H3,(H,19,21)(H,22,23)/t10-,11?,12-,13-,18?/m0/s1. The van der Waals surface area contributed by atoms with Crippen LogP contribution in [0.15, 0.2) is 11.6 Å². The number of amides is 1. The van der Waals surface area contributed by atoms with Gasteiger partial charge >= 0.3 is 5.97 Å². The van der Waals surface area contributed by atoms with E-state index in [4.69, 9.17) is 0 Å². The Morgan fingerprint density at radius 1 is 1.30 bits per heavy atom. The molecule has 0 aromatic rings. The van der Waals surface area contributed by atoms with Crippen molar-refractivity contribution < 1.29 is 19.5 Å². The number of rotatable bonds is 5. The van der Waals surface area contributed by atoms with Crippen LogP contribution in [0.4, 0.5) is 0 Å². The summed E-state index contributed by atoms with van der Waals surface area (Å²) in [5, 5.41) is 12.3. The van der Waals surface area contributed by atoms with E-state index in [0.717, 1.165) is 25.7 Å². The third-order valence-electron chi connectivity index (χ3n) is 6.08. The molecule has 0 aromatic heterocycles. The van der Waals surface area contributed by atoms with Gasteiger partial charge in [0.25, 0.3) is 0 Å². The molecular weight excluding hydrogens is 294 g/mol. The molecule has 2 fully saturated rings. The van der Waals surface area contributed by atoms with E-state index >= 15 is 0 Å². The van der Waals surface area contributed by atoms with Gasteiger partial charge in [-0.3, -0.25) is 9.59 Å². The molecule has 3 aliphatic carbocycles. The van der Waals surface area contributed by atoms with Crippen molar-refractivity contribution in [3.8, 4) is 0 Å². The number of aliphatic carboxylic acids is 1. The van der Waals surface area contributed by atoms with Gasteiger partial charge in [-0.25, -0.2) is 4.79 Å². The second-order valence-corrected chi connectivity index (χ2v) is 7.28. The number of carboxylic acid groups (broad SMARTS) is 1. The molecule has 0 bridgehead atoms. The van der Waals surface area contributed by atoms with Gasteiger partial charge in [0.15, 0.2) is 0 Å². The first-order chi connectivity index (χ1) is 10.9. The predicted molar refractivity (Wildman–Crippen MR) is 84.6 cm³/mol. The highest BCUT2D eigenvalue weighted by Crippen LogP contribution is 2.48. The highest BCUT2D eigenvalue weighted by molar-refractivity contribution is 6.00. The van der Waals surface area contributed by atoms with Gasteiger partial charge in [-0.15, -0.1) is 0 Å². The van der Waals surface area contributed by atoms with Gasteiger partial charge in [0, 0.05) is 17.9 Å². The van der Waals surface area contributed by atoms with Gasteiger partial charge in [-0.2, -0.15) is 0 Å². The Bertz CT molecular complexity index is 582. The maximum atomic E-state index is 12.8. The summed E-state index contributed by atoms with van der Waals surface area (Å²) in [6.45, 7) is 4.00. The summed E-state index contributed by atoms with van der Waals surface area (Å²) in [6, 6.07) is 0. The number of ketones is 1. The fourth-order valence-electron chi connectivity index (χ4n) is 4.44. The topological polar surface area (TPSA) is 83.5 Å².